The SMILES string of the molecule is C=CCNCCC(C)(C)CCC(=O)OCCc1c2ccccc2cc2ccccc12. The lowest BCUT2D eigenvalue weighted by Gasteiger charge is -2.24. The van der Waals surface area contributed by atoms with E-state index in [4.69, 9.17) is 4.74 Å². The van der Waals surface area contributed by atoms with Crippen LogP contribution in [0.1, 0.15) is 38.7 Å². The second-order valence-corrected chi connectivity index (χ2v) is 8.67. The first-order valence-electron chi connectivity index (χ1n) is 10.9. The Hall–Kier alpha value is -2.65. The molecule has 3 rings (SSSR count). The molecule has 0 aromatic heterocycles. The Morgan fingerprint density at radius 2 is 1.67 bits per heavy atom. The largest absolute Gasteiger partial charge is 0.465 e. The van der Waals surface area contributed by atoms with Gasteiger partial charge in [0.15, 0.2) is 0 Å². The highest BCUT2D eigenvalue weighted by atomic mass is 16.5. The van der Waals surface area contributed by atoms with Crippen molar-refractivity contribution in [3.63, 3.8) is 0 Å². The Bertz CT molecular complexity index is 952. The average molecular weight is 404 g/mol. The highest BCUT2D eigenvalue weighted by molar-refractivity contribution is 6.02. The first-order valence-corrected chi connectivity index (χ1v) is 10.9. The van der Waals surface area contributed by atoms with Crippen molar-refractivity contribution in [2.45, 2.75) is 39.5 Å². The van der Waals surface area contributed by atoms with E-state index >= 15 is 0 Å². The molecule has 0 radical (unpaired) electrons. The summed E-state index contributed by atoms with van der Waals surface area (Å²) in [6, 6.07) is 19.1. The molecule has 3 aromatic rings. The van der Waals surface area contributed by atoms with Gasteiger partial charge in [0.05, 0.1) is 6.61 Å². The van der Waals surface area contributed by atoms with Crippen LogP contribution in [0.15, 0.2) is 67.3 Å². The van der Waals surface area contributed by atoms with E-state index in [2.05, 4.69) is 80.3 Å². The average Bonchev–Trinajstić information content (AvgIpc) is 2.75. The smallest absolute Gasteiger partial charge is 0.305 e. The monoisotopic (exact) mass is 403 g/mol. The van der Waals surface area contributed by atoms with E-state index in [0.29, 0.717) is 13.0 Å². The summed E-state index contributed by atoms with van der Waals surface area (Å²) in [5.74, 6) is -0.105. The Labute approximate surface area is 180 Å². The minimum atomic E-state index is -0.105. The molecular formula is C27H33NO2. The Balaban J connectivity index is 1.56. The Morgan fingerprint density at radius 1 is 1.03 bits per heavy atom. The first kappa shape index (κ1) is 22.0. The number of ether oxygens (including phenoxy) is 1. The number of hydrogen-bond donors (Lipinski definition) is 1. The molecule has 3 aromatic carbocycles. The molecule has 30 heavy (non-hydrogen) atoms. The van der Waals surface area contributed by atoms with Gasteiger partial charge in [-0.3, -0.25) is 4.79 Å². The van der Waals surface area contributed by atoms with Crippen molar-refractivity contribution in [2.75, 3.05) is 19.7 Å². The first-order chi connectivity index (χ1) is 14.5. The third-order valence-electron chi connectivity index (χ3n) is 5.77. The molecule has 0 saturated heterocycles. The summed E-state index contributed by atoms with van der Waals surface area (Å²) in [7, 11) is 0. The molecule has 3 nitrogen and oxygen atoms in total. The van der Waals surface area contributed by atoms with Crippen molar-refractivity contribution >= 4 is 27.5 Å². The molecule has 0 spiro atoms. The number of esters is 1. The van der Waals surface area contributed by atoms with Crippen LogP contribution in [-0.2, 0) is 16.0 Å². The van der Waals surface area contributed by atoms with E-state index < -0.39 is 0 Å². The van der Waals surface area contributed by atoms with Gasteiger partial charge in [-0.15, -0.1) is 6.58 Å². The second kappa shape index (κ2) is 10.4. The Kier molecular flexibility index (Phi) is 7.64. The minimum absolute atomic E-state index is 0.105. The number of hydrogen-bond acceptors (Lipinski definition) is 3. The van der Waals surface area contributed by atoms with Gasteiger partial charge >= 0.3 is 5.97 Å². The summed E-state index contributed by atoms with van der Waals surface area (Å²) < 4.78 is 5.61. The fourth-order valence-corrected chi connectivity index (χ4v) is 3.91. The third kappa shape index (κ3) is 5.93. The second-order valence-electron chi connectivity index (χ2n) is 8.67. The van der Waals surface area contributed by atoms with Crippen molar-refractivity contribution in [1.82, 2.24) is 5.32 Å². The van der Waals surface area contributed by atoms with E-state index in [9.17, 15) is 4.79 Å². The van der Waals surface area contributed by atoms with Crippen molar-refractivity contribution in [3.8, 4) is 0 Å². The van der Waals surface area contributed by atoms with Gasteiger partial charge in [0.25, 0.3) is 0 Å². The normalized spacial score (nSPS) is 11.7. The fraction of sp³-hybridized carbons (Fsp3) is 0.370. The molecule has 1 N–H and O–H groups in total. The topological polar surface area (TPSA) is 38.3 Å². The van der Waals surface area contributed by atoms with Gasteiger partial charge in [0, 0.05) is 19.4 Å². The highest BCUT2D eigenvalue weighted by Gasteiger charge is 2.19. The summed E-state index contributed by atoms with van der Waals surface area (Å²) in [6.07, 6.45) is 4.91. The number of nitrogens with one attached hydrogen (secondary N) is 1. The van der Waals surface area contributed by atoms with Crippen LogP contribution in [0.4, 0.5) is 0 Å². The zero-order valence-electron chi connectivity index (χ0n) is 18.2. The summed E-state index contributed by atoms with van der Waals surface area (Å²) >= 11 is 0. The summed E-state index contributed by atoms with van der Waals surface area (Å²) in [6.45, 7) is 10.3. The molecule has 0 saturated carbocycles. The molecule has 0 aliphatic heterocycles. The maximum atomic E-state index is 12.3. The lowest BCUT2D eigenvalue weighted by atomic mass is 9.84. The molecule has 0 atom stereocenters. The number of fused-ring (bicyclic) bond motifs is 2. The number of carbonyl (C=O) groups is 1. The van der Waals surface area contributed by atoms with Crippen molar-refractivity contribution in [2.24, 2.45) is 5.41 Å². The molecule has 0 fully saturated rings. The molecule has 0 aliphatic rings. The van der Waals surface area contributed by atoms with Crippen LogP contribution in [0.3, 0.4) is 0 Å². The maximum absolute atomic E-state index is 12.3. The van der Waals surface area contributed by atoms with E-state index in [1.54, 1.807) is 0 Å². The summed E-state index contributed by atoms with van der Waals surface area (Å²) in [5, 5.41) is 8.25. The van der Waals surface area contributed by atoms with E-state index in [1.165, 1.54) is 27.1 Å². The van der Waals surface area contributed by atoms with Crippen LogP contribution < -0.4 is 5.32 Å². The van der Waals surface area contributed by atoms with Crippen LogP contribution in [0.2, 0.25) is 0 Å². The minimum Gasteiger partial charge on any atom is -0.465 e. The van der Waals surface area contributed by atoms with Gasteiger partial charge in [0.2, 0.25) is 0 Å². The van der Waals surface area contributed by atoms with Gasteiger partial charge < -0.3 is 10.1 Å². The number of carbonyl (C=O) groups excluding carboxylic acids is 1. The standard InChI is InChI=1S/C27H33NO2/c1-4-17-28-18-16-27(2,3)15-13-26(29)30-19-14-25-23-11-7-5-9-21(23)20-22-10-6-8-12-24(22)25/h4-12,20,28H,1,13-19H2,2-3H3. The third-order valence-corrected chi connectivity index (χ3v) is 5.77. The zero-order valence-corrected chi connectivity index (χ0v) is 18.2. The lowest BCUT2D eigenvalue weighted by molar-refractivity contribution is -0.144. The van der Waals surface area contributed by atoms with Gasteiger partial charge in [-0.2, -0.15) is 0 Å². The summed E-state index contributed by atoms with van der Waals surface area (Å²) in [5.41, 5.74) is 1.36. The highest BCUT2D eigenvalue weighted by Crippen LogP contribution is 2.29. The van der Waals surface area contributed by atoms with Gasteiger partial charge in [0.1, 0.15) is 0 Å². The molecule has 0 heterocycles. The molecule has 0 bridgehead atoms. The fourth-order valence-electron chi connectivity index (χ4n) is 3.91. The van der Waals surface area contributed by atoms with Crippen molar-refractivity contribution in [3.05, 3.63) is 72.8 Å². The molecule has 0 unspecified atom stereocenters. The molecule has 158 valence electrons. The van der Waals surface area contributed by atoms with Gasteiger partial charge in [-0.25, -0.2) is 0 Å². The predicted molar refractivity (Wildman–Crippen MR) is 127 cm³/mol. The van der Waals surface area contributed by atoms with Crippen LogP contribution in [0.5, 0.6) is 0 Å². The number of benzene rings is 3. The van der Waals surface area contributed by atoms with Crippen molar-refractivity contribution < 1.29 is 9.53 Å². The van der Waals surface area contributed by atoms with Gasteiger partial charge in [-0.05, 0) is 58.0 Å². The Morgan fingerprint density at radius 3 is 2.30 bits per heavy atom. The van der Waals surface area contributed by atoms with Crippen LogP contribution in [0, 0.1) is 5.41 Å². The van der Waals surface area contributed by atoms with Crippen molar-refractivity contribution in [1.29, 1.82) is 0 Å². The van der Waals surface area contributed by atoms with Gasteiger partial charge in [-0.1, -0.05) is 68.5 Å². The van der Waals surface area contributed by atoms with E-state index in [0.717, 1.165) is 32.4 Å². The lowest BCUT2D eigenvalue weighted by Crippen LogP contribution is -2.23. The summed E-state index contributed by atoms with van der Waals surface area (Å²) in [4.78, 5) is 12.3. The molecule has 0 amide bonds. The zero-order chi connectivity index (χ0) is 21.4. The molecule has 3 heteroatoms. The number of rotatable bonds is 11. The molecule has 0 aliphatic carbocycles. The van der Waals surface area contributed by atoms with Crippen LogP contribution in [-0.4, -0.2) is 25.7 Å². The quantitative estimate of drug-likeness (QED) is 0.183. The molecular weight excluding hydrogens is 370 g/mol. The maximum Gasteiger partial charge on any atom is 0.305 e. The van der Waals surface area contributed by atoms with E-state index in [-0.39, 0.29) is 11.4 Å². The predicted octanol–water partition coefficient (Wildman–Crippen LogP) is 6.05. The van der Waals surface area contributed by atoms with Crippen LogP contribution in [0.25, 0.3) is 21.5 Å². The van der Waals surface area contributed by atoms with E-state index in [1.807, 2.05) is 6.08 Å². The van der Waals surface area contributed by atoms with Crippen LogP contribution >= 0.6 is 0 Å².